The van der Waals surface area contributed by atoms with Gasteiger partial charge in [0.25, 0.3) is 0 Å². The monoisotopic (exact) mass is 250 g/mol. The second kappa shape index (κ2) is 6.43. The molecule has 3 nitrogen and oxygen atoms in total. The van der Waals surface area contributed by atoms with Crippen LogP contribution in [0.15, 0.2) is 12.1 Å². The number of ether oxygens (including phenoxy) is 2. The van der Waals surface area contributed by atoms with E-state index in [1.165, 1.54) is 0 Å². The molecule has 0 heterocycles. The summed E-state index contributed by atoms with van der Waals surface area (Å²) in [5.41, 5.74) is 1.66. The number of carbonyl (C=O) groups is 1. The van der Waals surface area contributed by atoms with E-state index in [0.717, 1.165) is 17.5 Å². The van der Waals surface area contributed by atoms with Crippen molar-refractivity contribution in [1.29, 1.82) is 0 Å². The maximum absolute atomic E-state index is 12.2. The maximum Gasteiger partial charge on any atom is 0.163 e. The molecule has 0 saturated heterocycles. The first-order valence-electron chi connectivity index (χ1n) is 6.29. The normalized spacial score (nSPS) is 12.1. The predicted molar refractivity (Wildman–Crippen MR) is 72.7 cm³/mol. The molecule has 1 unspecified atom stereocenters. The number of ketones is 1. The molecule has 18 heavy (non-hydrogen) atoms. The predicted octanol–water partition coefficient (Wildman–Crippen LogP) is 3.63. The summed E-state index contributed by atoms with van der Waals surface area (Å²) in [5, 5.41) is 0. The molecule has 1 rings (SSSR count). The molecule has 1 aromatic rings. The highest BCUT2D eigenvalue weighted by Gasteiger charge is 2.16. The van der Waals surface area contributed by atoms with E-state index in [1.54, 1.807) is 20.3 Å². The molecule has 0 spiro atoms. The van der Waals surface area contributed by atoms with Gasteiger partial charge in [0.15, 0.2) is 17.3 Å². The topological polar surface area (TPSA) is 35.5 Å². The van der Waals surface area contributed by atoms with E-state index in [4.69, 9.17) is 9.47 Å². The summed E-state index contributed by atoms with van der Waals surface area (Å²) in [6.07, 6.45) is 1.59. The van der Waals surface area contributed by atoms with Crippen LogP contribution < -0.4 is 9.47 Å². The first-order valence-corrected chi connectivity index (χ1v) is 6.29. The van der Waals surface area contributed by atoms with Crippen molar-refractivity contribution < 1.29 is 14.3 Å². The van der Waals surface area contributed by atoms with Crippen molar-refractivity contribution in [2.24, 2.45) is 5.92 Å². The maximum atomic E-state index is 12.2. The van der Waals surface area contributed by atoms with Gasteiger partial charge in [-0.25, -0.2) is 0 Å². The van der Waals surface area contributed by atoms with Gasteiger partial charge in [-0.2, -0.15) is 0 Å². The summed E-state index contributed by atoms with van der Waals surface area (Å²) < 4.78 is 10.5. The molecular formula is C15H22O3. The third-order valence-corrected chi connectivity index (χ3v) is 3.26. The number of Topliss-reactive ketones (excluding diaryl/α,β-unsaturated/α-hetero) is 1. The minimum atomic E-state index is 0.169. The Morgan fingerprint density at radius 1 is 1.22 bits per heavy atom. The van der Waals surface area contributed by atoms with Crippen molar-refractivity contribution in [2.45, 2.75) is 33.6 Å². The van der Waals surface area contributed by atoms with Crippen molar-refractivity contribution in [1.82, 2.24) is 0 Å². The van der Waals surface area contributed by atoms with Crippen molar-refractivity contribution in [3.8, 4) is 11.5 Å². The number of hydrogen-bond acceptors (Lipinski definition) is 3. The standard InChI is InChI=1S/C15H22O3/c1-6-10(2)7-13(16)12-9-15(18-5)14(17-4)8-11(12)3/h8-10H,6-7H2,1-5H3. The number of methoxy groups -OCH3 is 2. The fourth-order valence-electron chi connectivity index (χ4n) is 1.85. The lowest BCUT2D eigenvalue weighted by Crippen LogP contribution is -2.08. The molecule has 0 N–H and O–H groups in total. The molecule has 0 aliphatic heterocycles. The average molecular weight is 250 g/mol. The fourth-order valence-corrected chi connectivity index (χ4v) is 1.85. The van der Waals surface area contributed by atoms with Crippen molar-refractivity contribution in [2.75, 3.05) is 14.2 Å². The average Bonchev–Trinajstić information content (AvgIpc) is 2.37. The molecule has 1 atom stereocenters. The number of rotatable bonds is 6. The molecule has 3 heteroatoms. The molecule has 0 radical (unpaired) electrons. The lowest BCUT2D eigenvalue weighted by Gasteiger charge is -2.13. The van der Waals surface area contributed by atoms with Crippen molar-refractivity contribution in [3.63, 3.8) is 0 Å². The molecule has 0 aliphatic rings. The highest BCUT2D eigenvalue weighted by Crippen LogP contribution is 2.31. The third-order valence-electron chi connectivity index (χ3n) is 3.26. The Kier molecular flexibility index (Phi) is 5.20. The SMILES string of the molecule is CCC(C)CC(=O)c1cc(OC)c(OC)cc1C. The van der Waals surface area contributed by atoms with Gasteiger partial charge in [0.05, 0.1) is 14.2 Å². The Hall–Kier alpha value is -1.51. The Bertz CT molecular complexity index is 424. The first-order chi connectivity index (χ1) is 8.53. The Morgan fingerprint density at radius 3 is 2.28 bits per heavy atom. The molecule has 1 aromatic carbocycles. The van der Waals surface area contributed by atoms with E-state index in [9.17, 15) is 4.79 Å². The smallest absolute Gasteiger partial charge is 0.163 e. The number of carbonyl (C=O) groups excluding carboxylic acids is 1. The first kappa shape index (κ1) is 14.6. The van der Waals surface area contributed by atoms with Gasteiger partial charge < -0.3 is 9.47 Å². The molecule has 0 bridgehead atoms. The molecule has 100 valence electrons. The lowest BCUT2D eigenvalue weighted by molar-refractivity contribution is 0.0962. The fraction of sp³-hybridized carbons (Fsp3) is 0.533. The zero-order valence-electron chi connectivity index (χ0n) is 11.9. The summed E-state index contributed by atoms with van der Waals surface area (Å²) in [6.45, 7) is 6.11. The van der Waals surface area contributed by atoms with E-state index < -0.39 is 0 Å². The largest absolute Gasteiger partial charge is 0.493 e. The summed E-state index contributed by atoms with van der Waals surface area (Å²) >= 11 is 0. The van der Waals surface area contributed by atoms with Crippen LogP contribution in [-0.2, 0) is 0 Å². The van der Waals surface area contributed by atoms with Gasteiger partial charge >= 0.3 is 0 Å². The van der Waals surface area contributed by atoms with Crippen LogP contribution in [0.25, 0.3) is 0 Å². The van der Waals surface area contributed by atoms with Crippen molar-refractivity contribution >= 4 is 5.78 Å². The van der Waals surface area contributed by atoms with Crippen LogP contribution in [0.3, 0.4) is 0 Å². The molecule has 0 fully saturated rings. The zero-order valence-corrected chi connectivity index (χ0v) is 11.9. The van der Waals surface area contributed by atoms with Crippen molar-refractivity contribution in [3.05, 3.63) is 23.3 Å². The van der Waals surface area contributed by atoms with Crippen LogP contribution in [0.5, 0.6) is 11.5 Å². The lowest BCUT2D eigenvalue weighted by atomic mass is 9.95. The molecule has 0 amide bonds. The molecule has 0 saturated carbocycles. The molecular weight excluding hydrogens is 228 g/mol. The minimum absolute atomic E-state index is 0.169. The quantitative estimate of drug-likeness (QED) is 0.723. The third kappa shape index (κ3) is 3.25. The zero-order chi connectivity index (χ0) is 13.7. The van der Waals surface area contributed by atoms with Gasteiger partial charge in [0, 0.05) is 12.0 Å². The van der Waals surface area contributed by atoms with E-state index in [2.05, 4.69) is 13.8 Å². The highest BCUT2D eigenvalue weighted by molar-refractivity contribution is 5.98. The second-order valence-electron chi connectivity index (χ2n) is 4.66. The van der Waals surface area contributed by atoms with Gasteiger partial charge in [0.1, 0.15) is 0 Å². The van der Waals surface area contributed by atoms with Gasteiger partial charge in [-0.05, 0) is 30.5 Å². The van der Waals surface area contributed by atoms with Crippen LogP contribution in [-0.4, -0.2) is 20.0 Å². The molecule has 0 aromatic heterocycles. The van der Waals surface area contributed by atoms with Crippen LogP contribution in [0, 0.1) is 12.8 Å². The minimum Gasteiger partial charge on any atom is -0.493 e. The highest BCUT2D eigenvalue weighted by atomic mass is 16.5. The number of hydrogen-bond donors (Lipinski definition) is 0. The van der Waals surface area contributed by atoms with E-state index in [1.807, 2.05) is 13.0 Å². The van der Waals surface area contributed by atoms with Gasteiger partial charge in [-0.15, -0.1) is 0 Å². The number of benzene rings is 1. The van der Waals surface area contributed by atoms with Crippen LogP contribution >= 0.6 is 0 Å². The van der Waals surface area contributed by atoms with E-state index in [0.29, 0.717) is 23.8 Å². The summed E-state index contributed by atoms with van der Waals surface area (Å²) in [6, 6.07) is 3.63. The summed E-state index contributed by atoms with van der Waals surface area (Å²) in [5.74, 6) is 1.85. The number of aryl methyl sites for hydroxylation is 1. The van der Waals surface area contributed by atoms with Crippen LogP contribution in [0.1, 0.15) is 42.6 Å². The Morgan fingerprint density at radius 2 is 1.78 bits per heavy atom. The molecule has 0 aliphatic carbocycles. The summed E-state index contributed by atoms with van der Waals surface area (Å²) in [4.78, 5) is 12.2. The summed E-state index contributed by atoms with van der Waals surface area (Å²) in [7, 11) is 3.17. The van der Waals surface area contributed by atoms with Crippen LogP contribution in [0.4, 0.5) is 0 Å². The Labute approximate surface area is 109 Å². The van der Waals surface area contributed by atoms with Gasteiger partial charge in [-0.1, -0.05) is 20.3 Å². The van der Waals surface area contributed by atoms with Gasteiger partial charge in [0.2, 0.25) is 0 Å². The van der Waals surface area contributed by atoms with E-state index >= 15 is 0 Å². The Balaban J connectivity index is 3.05. The van der Waals surface area contributed by atoms with E-state index in [-0.39, 0.29) is 5.78 Å². The van der Waals surface area contributed by atoms with Crippen LogP contribution in [0.2, 0.25) is 0 Å². The second-order valence-corrected chi connectivity index (χ2v) is 4.66. The van der Waals surface area contributed by atoms with Gasteiger partial charge in [-0.3, -0.25) is 4.79 Å².